The fourth-order valence-electron chi connectivity index (χ4n) is 5.02. The summed E-state index contributed by atoms with van der Waals surface area (Å²) in [5.74, 6) is -0.931. The second kappa shape index (κ2) is 8.64. The van der Waals surface area contributed by atoms with Crippen molar-refractivity contribution in [3.8, 4) is 0 Å². The van der Waals surface area contributed by atoms with E-state index in [1.807, 2.05) is 20.8 Å². The van der Waals surface area contributed by atoms with Crippen LogP contribution in [0.2, 0.25) is 0 Å². The normalized spacial score (nSPS) is 26.6. The molecule has 2 saturated carbocycles. The van der Waals surface area contributed by atoms with E-state index in [4.69, 9.17) is 14.6 Å². The van der Waals surface area contributed by atoms with Gasteiger partial charge in [0.25, 0.3) is 0 Å². The maximum atomic E-state index is 12.1. The lowest BCUT2D eigenvalue weighted by molar-refractivity contribution is -0.142. The molecule has 2 amide bonds. The summed E-state index contributed by atoms with van der Waals surface area (Å²) in [7, 11) is 0. The third kappa shape index (κ3) is 5.73. The van der Waals surface area contributed by atoms with Crippen LogP contribution in [0.3, 0.4) is 0 Å². The van der Waals surface area contributed by atoms with E-state index in [9.17, 15) is 19.5 Å². The summed E-state index contributed by atoms with van der Waals surface area (Å²) in [6.07, 6.45) is 6.39. The molecule has 0 aromatic heterocycles. The number of aliphatic hydroxyl groups excluding tert-OH is 1. The van der Waals surface area contributed by atoms with Gasteiger partial charge in [0.05, 0.1) is 12.6 Å². The van der Waals surface area contributed by atoms with E-state index in [0.717, 1.165) is 44.9 Å². The molecular weight excluding hydrogens is 428 g/mol. The van der Waals surface area contributed by atoms with Gasteiger partial charge in [0.15, 0.2) is 0 Å². The third-order valence-electron chi connectivity index (χ3n) is 6.86. The number of rotatable bonds is 2. The van der Waals surface area contributed by atoms with Crippen molar-refractivity contribution in [1.82, 2.24) is 9.80 Å². The van der Waals surface area contributed by atoms with Crippen LogP contribution in [0.5, 0.6) is 0 Å². The van der Waals surface area contributed by atoms with Crippen LogP contribution in [0.25, 0.3) is 0 Å². The first-order chi connectivity index (χ1) is 15.1. The number of amides is 2. The predicted octanol–water partition coefficient (Wildman–Crippen LogP) is 3.91. The Balaban J connectivity index is 0.000000186. The first-order valence-corrected chi connectivity index (χ1v) is 12.0. The zero-order valence-corrected chi connectivity index (χ0v) is 20.8. The summed E-state index contributed by atoms with van der Waals surface area (Å²) in [5.41, 5.74) is -1.24. The average Bonchev–Trinajstić information content (AvgIpc) is 3.49. The molecule has 2 spiro atoms. The highest BCUT2D eigenvalue weighted by Gasteiger charge is 2.59. The monoisotopic (exact) mass is 468 g/mol. The van der Waals surface area contributed by atoms with E-state index in [2.05, 4.69) is 0 Å². The molecule has 4 aliphatic rings. The fourth-order valence-corrected chi connectivity index (χ4v) is 5.02. The average molecular weight is 469 g/mol. The summed E-state index contributed by atoms with van der Waals surface area (Å²) < 4.78 is 10.7. The van der Waals surface area contributed by atoms with E-state index in [-0.39, 0.29) is 29.8 Å². The lowest BCUT2D eigenvalue weighted by Crippen LogP contribution is -2.48. The van der Waals surface area contributed by atoms with Crippen molar-refractivity contribution >= 4 is 18.2 Å². The van der Waals surface area contributed by atoms with Crippen molar-refractivity contribution in [2.45, 2.75) is 127 Å². The molecule has 0 aromatic carbocycles. The molecular formula is C24H40N2O7. The summed E-state index contributed by atoms with van der Waals surface area (Å²) in [6, 6.07) is -0.760. The van der Waals surface area contributed by atoms with Gasteiger partial charge in [0.1, 0.15) is 17.2 Å². The molecule has 2 aliphatic carbocycles. The SMILES string of the molecule is CC(C)(C)OC(=O)N1[C@H](C(=O)O)CCC12CC2.CC(C)(C)OC(=O)N1[C@H](CO)CCC12CC2. The highest BCUT2D eigenvalue weighted by molar-refractivity contribution is 5.82. The van der Waals surface area contributed by atoms with Gasteiger partial charge in [0, 0.05) is 11.1 Å². The minimum Gasteiger partial charge on any atom is -0.480 e. The Kier molecular flexibility index (Phi) is 6.70. The van der Waals surface area contributed by atoms with E-state index < -0.39 is 29.3 Å². The number of aliphatic hydroxyl groups is 1. The van der Waals surface area contributed by atoms with E-state index in [1.54, 1.807) is 25.7 Å². The van der Waals surface area contributed by atoms with Crippen molar-refractivity contribution in [2.24, 2.45) is 0 Å². The van der Waals surface area contributed by atoms with Crippen molar-refractivity contribution in [3.05, 3.63) is 0 Å². The van der Waals surface area contributed by atoms with Gasteiger partial charge in [0.2, 0.25) is 0 Å². The largest absolute Gasteiger partial charge is 0.480 e. The second-order valence-corrected chi connectivity index (χ2v) is 11.9. The van der Waals surface area contributed by atoms with Gasteiger partial charge in [-0.25, -0.2) is 14.4 Å². The fraction of sp³-hybridized carbons (Fsp3) is 0.875. The minimum absolute atomic E-state index is 0.0235. The molecule has 33 heavy (non-hydrogen) atoms. The van der Waals surface area contributed by atoms with Crippen LogP contribution < -0.4 is 0 Å². The van der Waals surface area contributed by atoms with Crippen molar-refractivity contribution in [1.29, 1.82) is 0 Å². The zero-order valence-electron chi connectivity index (χ0n) is 20.8. The van der Waals surface area contributed by atoms with E-state index >= 15 is 0 Å². The highest BCUT2D eigenvalue weighted by atomic mass is 16.6. The molecule has 2 heterocycles. The second-order valence-electron chi connectivity index (χ2n) is 11.9. The molecule has 0 unspecified atom stereocenters. The van der Waals surface area contributed by atoms with Gasteiger partial charge in [-0.3, -0.25) is 9.80 Å². The molecule has 0 bridgehead atoms. The van der Waals surface area contributed by atoms with Crippen LogP contribution in [0.4, 0.5) is 9.59 Å². The Bertz CT molecular complexity index is 775. The van der Waals surface area contributed by atoms with E-state index in [1.165, 1.54) is 4.90 Å². The lowest BCUT2D eigenvalue weighted by atomic mass is 10.2. The Morgan fingerprint density at radius 1 is 0.788 bits per heavy atom. The number of hydrogen-bond acceptors (Lipinski definition) is 6. The van der Waals surface area contributed by atoms with Crippen molar-refractivity contribution < 1.29 is 34.1 Å². The number of likely N-dealkylation sites (tertiary alicyclic amines) is 2. The van der Waals surface area contributed by atoms with Crippen molar-refractivity contribution in [3.63, 3.8) is 0 Å². The Labute approximate surface area is 196 Å². The van der Waals surface area contributed by atoms with Gasteiger partial charge in [-0.05, 0) is 92.9 Å². The smallest absolute Gasteiger partial charge is 0.411 e. The maximum absolute atomic E-state index is 12.1. The number of ether oxygens (including phenoxy) is 2. The molecule has 0 aromatic rings. The van der Waals surface area contributed by atoms with Crippen LogP contribution in [-0.4, -0.2) is 79.1 Å². The van der Waals surface area contributed by atoms with Gasteiger partial charge in [-0.1, -0.05) is 0 Å². The summed E-state index contributed by atoms with van der Waals surface area (Å²) in [6.45, 7) is 11.0. The first kappa shape index (κ1) is 25.6. The molecule has 0 radical (unpaired) electrons. The van der Waals surface area contributed by atoms with Crippen molar-refractivity contribution in [2.75, 3.05) is 6.61 Å². The minimum atomic E-state index is -0.931. The third-order valence-corrected chi connectivity index (χ3v) is 6.86. The maximum Gasteiger partial charge on any atom is 0.411 e. The van der Waals surface area contributed by atoms with Crippen LogP contribution in [0.15, 0.2) is 0 Å². The molecule has 9 heteroatoms. The number of carbonyl (C=O) groups is 3. The zero-order chi connectivity index (χ0) is 24.8. The van der Waals surface area contributed by atoms with E-state index in [0.29, 0.717) is 6.42 Å². The quantitative estimate of drug-likeness (QED) is 0.631. The molecule has 2 N–H and O–H groups in total. The predicted molar refractivity (Wildman–Crippen MR) is 121 cm³/mol. The van der Waals surface area contributed by atoms with Crippen LogP contribution >= 0.6 is 0 Å². The van der Waals surface area contributed by atoms with Crippen LogP contribution in [0, 0.1) is 0 Å². The van der Waals surface area contributed by atoms with Gasteiger partial charge < -0.3 is 19.7 Å². The molecule has 188 valence electrons. The van der Waals surface area contributed by atoms with Gasteiger partial charge in [-0.15, -0.1) is 0 Å². The Hall–Kier alpha value is -2.03. The Morgan fingerprint density at radius 3 is 1.61 bits per heavy atom. The van der Waals surface area contributed by atoms with Crippen LogP contribution in [-0.2, 0) is 14.3 Å². The lowest BCUT2D eigenvalue weighted by Gasteiger charge is -2.32. The topological polar surface area (TPSA) is 117 Å². The number of aliphatic carboxylic acids is 1. The summed E-state index contributed by atoms with van der Waals surface area (Å²) >= 11 is 0. The molecule has 2 atom stereocenters. The van der Waals surface area contributed by atoms with Gasteiger partial charge in [-0.2, -0.15) is 0 Å². The van der Waals surface area contributed by atoms with Crippen LogP contribution in [0.1, 0.15) is 92.9 Å². The highest BCUT2D eigenvalue weighted by Crippen LogP contribution is 2.53. The number of hydrogen-bond donors (Lipinski definition) is 2. The molecule has 9 nitrogen and oxygen atoms in total. The Morgan fingerprint density at radius 2 is 1.21 bits per heavy atom. The molecule has 2 aliphatic heterocycles. The number of nitrogens with zero attached hydrogens (tertiary/aromatic N) is 2. The molecule has 4 rings (SSSR count). The summed E-state index contributed by atoms with van der Waals surface area (Å²) in [5, 5.41) is 18.4. The number of carboxylic acids is 1. The number of carbonyl (C=O) groups excluding carboxylic acids is 2. The molecule has 2 saturated heterocycles. The molecule has 4 fully saturated rings. The standard InChI is InChI=1S/C12H19NO4.C12H21NO3/c1-11(2,3)17-10(16)13-8(9(14)15)4-5-12(13)6-7-12;1-11(2,3)16-10(15)13-9(8-14)4-5-12(13)6-7-12/h8H,4-7H2,1-3H3,(H,14,15);9,14H,4-8H2,1-3H3/t8-;9-/m00/s1. The number of carboxylic acid groups (broad SMARTS) is 1. The van der Waals surface area contributed by atoms with Gasteiger partial charge >= 0.3 is 18.2 Å². The summed E-state index contributed by atoms with van der Waals surface area (Å²) in [4.78, 5) is 38.5. The first-order valence-electron chi connectivity index (χ1n) is 12.0.